The number of fused-ring (bicyclic) bond motifs is 1. The summed E-state index contributed by atoms with van der Waals surface area (Å²) in [5.74, 6) is 0.628. The quantitative estimate of drug-likeness (QED) is 0.570. The number of hydrogen-bond donors (Lipinski definition) is 2. The highest BCUT2D eigenvalue weighted by Crippen LogP contribution is 2.39. The molecular formula is C22H20F3N3O. The van der Waals surface area contributed by atoms with Crippen LogP contribution in [-0.4, -0.2) is 15.6 Å². The van der Waals surface area contributed by atoms with E-state index in [-0.39, 0.29) is 11.2 Å². The van der Waals surface area contributed by atoms with E-state index in [1.54, 1.807) is 24.3 Å². The predicted molar refractivity (Wildman–Crippen MR) is 105 cm³/mol. The smallest absolute Gasteiger partial charge is 0.337 e. The maximum absolute atomic E-state index is 13.4. The number of H-pyrrole nitrogens is 1. The highest BCUT2D eigenvalue weighted by atomic mass is 19.4. The molecule has 7 heteroatoms. The molecule has 1 fully saturated rings. The molecule has 0 amide bonds. The van der Waals surface area contributed by atoms with E-state index in [1.807, 2.05) is 0 Å². The Morgan fingerprint density at radius 3 is 2.59 bits per heavy atom. The minimum Gasteiger partial charge on any atom is -0.337 e. The lowest BCUT2D eigenvalue weighted by atomic mass is 9.84. The van der Waals surface area contributed by atoms with Crippen molar-refractivity contribution in [3.8, 4) is 11.1 Å². The Hall–Kier alpha value is -2.80. The van der Waals surface area contributed by atoms with E-state index in [4.69, 9.17) is 4.84 Å². The van der Waals surface area contributed by atoms with Crippen molar-refractivity contribution >= 4 is 16.7 Å². The molecule has 2 heterocycles. The van der Waals surface area contributed by atoms with Gasteiger partial charge in [-0.1, -0.05) is 43.5 Å². The van der Waals surface area contributed by atoms with E-state index in [1.165, 1.54) is 18.6 Å². The first-order chi connectivity index (χ1) is 13.9. The zero-order valence-electron chi connectivity index (χ0n) is 15.6. The van der Waals surface area contributed by atoms with Gasteiger partial charge in [0.05, 0.1) is 16.6 Å². The molecule has 1 aliphatic heterocycles. The van der Waals surface area contributed by atoms with Crippen LogP contribution in [0.5, 0.6) is 0 Å². The van der Waals surface area contributed by atoms with Crippen molar-refractivity contribution in [3.63, 3.8) is 0 Å². The third-order valence-electron chi connectivity index (χ3n) is 5.75. The summed E-state index contributed by atoms with van der Waals surface area (Å²) in [6.45, 7) is 0. The number of aromatic amines is 1. The summed E-state index contributed by atoms with van der Waals surface area (Å²) in [4.78, 5) is 13.7. The van der Waals surface area contributed by atoms with Gasteiger partial charge in [0.25, 0.3) is 0 Å². The molecule has 5 rings (SSSR count). The minimum absolute atomic E-state index is 0.153. The molecule has 0 saturated heterocycles. The Bertz CT molecular complexity index is 1090. The molecule has 1 saturated carbocycles. The van der Waals surface area contributed by atoms with Crippen LogP contribution in [0.4, 0.5) is 13.2 Å². The molecule has 0 unspecified atom stereocenters. The molecule has 0 atom stereocenters. The second-order valence-corrected chi connectivity index (χ2v) is 7.75. The maximum atomic E-state index is 13.4. The van der Waals surface area contributed by atoms with Crippen molar-refractivity contribution in [1.29, 1.82) is 0 Å². The van der Waals surface area contributed by atoms with Crippen LogP contribution in [0, 0.1) is 0 Å². The number of hydroxylamine groups is 1. The molecule has 4 nitrogen and oxygen atoms in total. The number of benzene rings is 2. The van der Waals surface area contributed by atoms with E-state index < -0.39 is 11.7 Å². The Morgan fingerprint density at radius 2 is 1.79 bits per heavy atom. The summed E-state index contributed by atoms with van der Waals surface area (Å²) in [5.41, 5.74) is 4.87. The molecule has 29 heavy (non-hydrogen) atoms. The number of imidazole rings is 1. The Kier molecular flexibility index (Phi) is 4.17. The largest absolute Gasteiger partial charge is 0.417 e. The Morgan fingerprint density at radius 1 is 1.00 bits per heavy atom. The monoisotopic (exact) mass is 399 g/mol. The zero-order chi connectivity index (χ0) is 20.1. The lowest BCUT2D eigenvalue weighted by molar-refractivity contribution is -0.137. The molecule has 2 aliphatic rings. The summed E-state index contributed by atoms with van der Waals surface area (Å²) >= 11 is 0. The van der Waals surface area contributed by atoms with Gasteiger partial charge in [-0.25, -0.2) is 4.98 Å². The molecule has 2 N–H and O–H groups in total. The lowest BCUT2D eigenvalue weighted by Gasteiger charge is -2.29. The predicted octanol–water partition coefficient (Wildman–Crippen LogP) is 5.83. The molecule has 3 aromatic rings. The van der Waals surface area contributed by atoms with Gasteiger partial charge in [-0.15, -0.1) is 0 Å². The average molecular weight is 399 g/mol. The van der Waals surface area contributed by atoms with Crippen molar-refractivity contribution in [2.24, 2.45) is 0 Å². The van der Waals surface area contributed by atoms with Crippen LogP contribution >= 0.6 is 0 Å². The number of aromatic nitrogens is 2. The van der Waals surface area contributed by atoms with Crippen molar-refractivity contribution in [3.05, 3.63) is 59.9 Å². The van der Waals surface area contributed by atoms with Crippen molar-refractivity contribution < 1.29 is 18.0 Å². The van der Waals surface area contributed by atoms with Crippen LogP contribution in [-0.2, 0) is 11.0 Å². The molecule has 150 valence electrons. The number of rotatable bonds is 2. The Labute approximate surface area is 165 Å². The third-order valence-corrected chi connectivity index (χ3v) is 5.75. The van der Waals surface area contributed by atoms with Crippen LogP contribution in [0.15, 0.2) is 48.5 Å². The van der Waals surface area contributed by atoms with Gasteiger partial charge in [0.2, 0.25) is 0 Å². The van der Waals surface area contributed by atoms with Gasteiger partial charge in [0.15, 0.2) is 5.82 Å². The van der Waals surface area contributed by atoms with Gasteiger partial charge in [-0.3, -0.25) is 10.3 Å². The number of halogens is 3. The van der Waals surface area contributed by atoms with Crippen molar-refractivity contribution in [2.45, 2.75) is 43.9 Å². The standard InChI is InChI=1S/C22H20F3N3O/c23-22(24,25)16-7-3-2-6-15(16)14-8-9-17-18(12-14)27-20(26-17)19-13-21(29-28-19)10-4-1-5-11-21/h2-3,6-9,12-13,28H,1,4-5,10-11H2,(H,26,27). The molecule has 0 bridgehead atoms. The van der Waals surface area contributed by atoms with Crippen LogP contribution < -0.4 is 5.48 Å². The van der Waals surface area contributed by atoms with Crippen molar-refractivity contribution in [2.75, 3.05) is 0 Å². The molecule has 0 radical (unpaired) electrons. The van der Waals surface area contributed by atoms with Gasteiger partial charge < -0.3 is 4.98 Å². The second-order valence-electron chi connectivity index (χ2n) is 7.75. The summed E-state index contributed by atoms with van der Waals surface area (Å²) in [6, 6.07) is 10.7. The number of nitrogens with zero attached hydrogens (tertiary/aromatic N) is 1. The summed E-state index contributed by atoms with van der Waals surface area (Å²) < 4.78 is 40.1. The first-order valence-corrected chi connectivity index (χ1v) is 9.77. The first-order valence-electron chi connectivity index (χ1n) is 9.77. The number of nitrogens with one attached hydrogen (secondary N) is 2. The van der Waals surface area contributed by atoms with E-state index >= 15 is 0 Å². The zero-order valence-corrected chi connectivity index (χ0v) is 15.6. The van der Waals surface area contributed by atoms with Gasteiger partial charge in [0, 0.05) is 0 Å². The van der Waals surface area contributed by atoms with Crippen LogP contribution in [0.25, 0.3) is 27.9 Å². The van der Waals surface area contributed by atoms with E-state index in [2.05, 4.69) is 21.5 Å². The lowest BCUT2D eigenvalue weighted by Crippen LogP contribution is -2.31. The molecule has 1 aromatic heterocycles. The SMILES string of the molecule is FC(F)(F)c1ccccc1-c1ccc2nc(C3=CC4(CCCCC4)ON3)[nH]c2c1. The van der Waals surface area contributed by atoms with E-state index in [0.717, 1.165) is 37.4 Å². The highest BCUT2D eigenvalue weighted by Gasteiger charge is 2.37. The molecule has 1 aliphatic carbocycles. The first kappa shape index (κ1) is 18.2. The summed E-state index contributed by atoms with van der Waals surface area (Å²) in [7, 11) is 0. The van der Waals surface area contributed by atoms with Crippen LogP contribution in [0.1, 0.15) is 43.5 Å². The van der Waals surface area contributed by atoms with Gasteiger partial charge in [0.1, 0.15) is 11.3 Å². The highest BCUT2D eigenvalue weighted by molar-refractivity contribution is 5.84. The second kappa shape index (κ2) is 6.62. The molecular weight excluding hydrogens is 379 g/mol. The number of alkyl halides is 3. The fraction of sp³-hybridized carbons (Fsp3) is 0.318. The average Bonchev–Trinajstić information content (AvgIpc) is 3.32. The van der Waals surface area contributed by atoms with Crippen molar-refractivity contribution in [1.82, 2.24) is 15.4 Å². The van der Waals surface area contributed by atoms with E-state index in [9.17, 15) is 13.2 Å². The molecule has 2 aromatic carbocycles. The van der Waals surface area contributed by atoms with E-state index in [0.29, 0.717) is 22.4 Å². The normalized spacial score (nSPS) is 18.8. The van der Waals surface area contributed by atoms with Crippen LogP contribution in [0.3, 0.4) is 0 Å². The minimum atomic E-state index is -4.41. The molecule has 1 spiro atoms. The van der Waals surface area contributed by atoms with Gasteiger partial charge in [-0.05, 0) is 48.2 Å². The Balaban J connectivity index is 1.52. The third kappa shape index (κ3) is 3.29. The van der Waals surface area contributed by atoms with Crippen LogP contribution in [0.2, 0.25) is 0 Å². The van der Waals surface area contributed by atoms with Gasteiger partial charge >= 0.3 is 6.18 Å². The topological polar surface area (TPSA) is 49.9 Å². The van der Waals surface area contributed by atoms with Gasteiger partial charge in [-0.2, -0.15) is 13.2 Å². The summed E-state index contributed by atoms with van der Waals surface area (Å²) in [6.07, 6.45) is 3.12. The summed E-state index contributed by atoms with van der Waals surface area (Å²) in [5, 5.41) is 0. The maximum Gasteiger partial charge on any atom is 0.417 e. The fourth-order valence-electron chi connectivity index (χ4n) is 4.28. The number of hydrogen-bond acceptors (Lipinski definition) is 3. The fourth-order valence-corrected chi connectivity index (χ4v) is 4.28.